The molecular weight excluding hydrogens is 490 g/mol. The van der Waals surface area contributed by atoms with Crippen LogP contribution in [0.5, 0.6) is 0 Å². The summed E-state index contributed by atoms with van der Waals surface area (Å²) in [4.78, 5) is 17.6. The van der Waals surface area contributed by atoms with E-state index in [1.807, 2.05) is 6.07 Å². The molecule has 0 aromatic heterocycles. The van der Waals surface area contributed by atoms with Crippen LogP contribution in [-0.4, -0.2) is 17.8 Å². The highest BCUT2D eigenvalue weighted by Crippen LogP contribution is 2.49. The van der Waals surface area contributed by atoms with Crippen molar-refractivity contribution in [2.45, 2.75) is 18.2 Å². The lowest BCUT2D eigenvalue weighted by atomic mass is 9.86. The van der Waals surface area contributed by atoms with Gasteiger partial charge in [0.05, 0.1) is 22.9 Å². The molecule has 10 heteroatoms. The molecule has 4 rings (SSSR count). The molecule has 1 unspecified atom stereocenters. The normalized spacial score (nSPS) is 17.5. The molecule has 1 N–H and O–H groups in total. The highest BCUT2D eigenvalue weighted by molar-refractivity contribution is 6.34. The number of carbonyl (C=O) groups is 1. The fourth-order valence-electron chi connectivity index (χ4n) is 3.60. The number of hydrogen-bond acceptors (Lipinski definition) is 4. The van der Waals surface area contributed by atoms with Crippen molar-refractivity contribution in [2.24, 2.45) is 5.16 Å². The first-order valence-corrected chi connectivity index (χ1v) is 10.6. The molecule has 0 bridgehead atoms. The highest BCUT2D eigenvalue weighted by atomic mass is 35.5. The number of nitrogens with zero attached hydrogens (tertiary/aromatic N) is 2. The Hall–Kier alpha value is -3.54. The average molecular weight is 504 g/mol. The van der Waals surface area contributed by atoms with E-state index in [0.29, 0.717) is 11.3 Å². The predicted molar refractivity (Wildman–Crippen MR) is 122 cm³/mol. The Bertz CT molecular complexity index is 1330. The van der Waals surface area contributed by atoms with E-state index in [-0.39, 0.29) is 32.4 Å². The average Bonchev–Trinajstić information content (AvgIpc) is 3.26. The number of halogens is 5. The van der Waals surface area contributed by atoms with Crippen molar-refractivity contribution in [3.8, 4) is 6.07 Å². The van der Waals surface area contributed by atoms with Crippen molar-refractivity contribution in [3.05, 3.63) is 99.0 Å². The summed E-state index contributed by atoms with van der Waals surface area (Å²) >= 11 is 11.9. The van der Waals surface area contributed by atoms with Crippen LogP contribution in [0.4, 0.5) is 18.9 Å². The summed E-state index contributed by atoms with van der Waals surface area (Å²) in [7, 11) is 0. The first-order valence-electron chi connectivity index (χ1n) is 9.82. The van der Waals surface area contributed by atoms with E-state index in [0.717, 1.165) is 12.1 Å². The lowest BCUT2D eigenvalue weighted by Gasteiger charge is -2.29. The number of anilines is 1. The Morgan fingerprint density at radius 2 is 1.76 bits per heavy atom. The van der Waals surface area contributed by atoms with Crippen molar-refractivity contribution in [1.82, 2.24) is 0 Å². The molecule has 1 amide bonds. The Labute approximate surface area is 202 Å². The molecule has 1 aliphatic rings. The second-order valence-corrected chi connectivity index (χ2v) is 8.35. The molecular formula is C24H14Cl2F3N3O2. The third-order valence-corrected chi connectivity index (χ3v) is 5.70. The number of nitrogens with one attached hydrogen (secondary N) is 1. The molecule has 0 saturated carbocycles. The minimum atomic E-state index is -4.82. The second kappa shape index (κ2) is 9.01. The van der Waals surface area contributed by atoms with E-state index in [2.05, 4.69) is 10.5 Å². The fourth-order valence-corrected chi connectivity index (χ4v) is 4.13. The molecule has 5 nitrogen and oxygen atoms in total. The van der Waals surface area contributed by atoms with Crippen LogP contribution in [0.3, 0.4) is 0 Å². The van der Waals surface area contributed by atoms with Crippen LogP contribution in [-0.2, 0) is 10.4 Å². The molecule has 3 aromatic rings. The van der Waals surface area contributed by atoms with Gasteiger partial charge in [-0.2, -0.15) is 18.4 Å². The number of alkyl halides is 3. The minimum Gasteiger partial charge on any atom is -0.374 e. The van der Waals surface area contributed by atoms with Crippen molar-refractivity contribution in [1.29, 1.82) is 5.26 Å². The van der Waals surface area contributed by atoms with Gasteiger partial charge in [-0.3, -0.25) is 4.79 Å². The second-order valence-electron chi connectivity index (χ2n) is 7.48. The van der Waals surface area contributed by atoms with E-state index in [1.165, 1.54) is 24.3 Å². The lowest BCUT2D eigenvalue weighted by Crippen LogP contribution is -2.42. The molecule has 1 heterocycles. The molecule has 0 spiro atoms. The monoisotopic (exact) mass is 503 g/mol. The van der Waals surface area contributed by atoms with E-state index in [4.69, 9.17) is 28.0 Å². The largest absolute Gasteiger partial charge is 0.435 e. The Balaban J connectivity index is 1.62. The van der Waals surface area contributed by atoms with E-state index >= 15 is 0 Å². The number of nitriles is 1. The first-order chi connectivity index (χ1) is 16.1. The lowest BCUT2D eigenvalue weighted by molar-refractivity contribution is -0.275. The van der Waals surface area contributed by atoms with Crippen molar-refractivity contribution in [3.63, 3.8) is 0 Å². The number of carbonyl (C=O) groups excluding carboxylic acids is 1. The van der Waals surface area contributed by atoms with Gasteiger partial charge >= 0.3 is 6.18 Å². The molecule has 1 aliphatic heterocycles. The van der Waals surface area contributed by atoms with Gasteiger partial charge < -0.3 is 10.2 Å². The molecule has 0 fully saturated rings. The molecule has 0 aliphatic carbocycles. The van der Waals surface area contributed by atoms with Gasteiger partial charge in [0.15, 0.2) is 0 Å². The summed E-state index contributed by atoms with van der Waals surface area (Å²) in [6.45, 7) is 0. The third kappa shape index (κ3) is 4.45. The van der Waals surface area contributed by atoms with Crippen molar-refractivity contribution in [2.75, 3.05) is 5.32 Å². The van der Waals surface area contributed by atoms with Crippen LogP contribution in [0.2, 0.25) is 10.0 Å². The SMILES string of the molecule is N#Cc1ccccc1C(=O)Nc1cccc(C2=NOC(c3cc(Cl)cc(Cl)c3)(C(F)(F)F)C2)c1. The summed E-state index contributed by atoms with van der Waals surface area (Å²) in [5, 5.41) is 15.6. The van der Waals surface area contributed by atoms with Gasteiger partial charge in [0, 0.05) is 33.3 Å². The first kappa shape index (κ1) is 23.6. The van der Waals surface area contributed by atoms with Crippen LogP contribution in [0.15, 0.2) is 71.9 Å². The number of rotatable bonds is 4. The van der Waals surface area contributed by atoms with Gasteiger partial charge in [-0.05, 0) is 42.5 Å². The summed E-state index contributed by atoms with van der Waals surface area (Å²) in [5.74, 6) is -0.530. The Kier molecular flexibility index (Phi) is 6.26. The standard InChI is InChI=1S/C24H14Cl2F3N3O2/c25-17-9-16(10-18(26)11-17)23(24(27,28)29)12-21(32-34-23)14-5-3-6-19(8-14)31-22(33)20-7-2-1-4-15(20)13-30/h1-11H,12H2,(H,31,33). The van der Waals surface area contributed by atoms with E-state index < -0.39 is 24.1 Å². The van der Waals surface area contributed by atoms with E-state index in [1.54, 1.807) is 30.3 Å². The summed E-state index contributed by atoms with van der Waals surface area (Å²) < 4.78 is 42.6. The summed E-state index contributed by atoms with van der Waals surface area (Å²) in [6, 6.07) is 18.0. The highest BCUT2D eigenvalue weighted by Gasteiger charge is 2.62. The number of benzene rings is 3. The number of amides is 1. The van der Waals surface area contributed by atoms with Crippen molar-refractivity contribution < 1.29 is 22.8 Å². The molecule has 3 aromatic carbocycles. The Morgan fingerprint density at radius 3 is 2.44 bits per heavy atom. The quantitative estimate of drug-likeness (QED) is 0.430. The number of oxime groups is 1. The maximum atomic E-state index is 14.2. The van der Waals surface area contributed by atoms with Gasteiger partial charge in [0.2, 0.25) is 0 Å². The fraction of sp³-hybridized carbons (Fsp3) is 0.125. The van der Waals surface area contributed by atoms with Crippen LogP contribution in [0, 0.1) is 11.3 Å². The third-order valence-electron chi connectivity index (χ3n) is 5.26. The molecule has 34 heavy (non-hydrogen) atoms. The van der Waals surface area contributed by atoms with Gasteiger partial charge in [0.1, 0.15) is 0 Å². The molecule has 0 radical (unpaired) electrons. The molecule has 172 valence electrons. The predicted octanol–water partition coefficient (Wildman–Crippen LogP) is 6.70. The van der Waals surface area contributed by atoms with Crippen LogP contribution in [0.25, 0.3) is 0 Å². The zero-order chi connectivity index (χ0) is 24.5. The van der Waals surface area contributed by atoms with E-state index in [9.17, 15) is 23.2 Å². The van der Waals surface area contributed by atoms with Gasteiger partial charge in [-0.25, -0.2) is 0 Å². The maximum absolute atomic E-state index is 14.2. The van der Waals surface area contributed by atoms with Crippen molar-refractivity contribution >= 4 is 40.5 Å². The molecule has 0 saturated heterocycles. The zero-order valence-corrected chi connectivity index (χ0v) is 18.7. The van der Waals surface area contributed by atoms with Gasteiger partial charge in [-0.15, -0.1) is 0 Å². The Morgan fingerprint density at radius 1 is 1.06 bits per heavy atom. The summed E-state index contributed by atoms with van der Waals surface area (Å²) in [6.07, 6.45) is -5.44. The minimum absolute atomic E-state index is 0.0296. The summed E-state index contributed by atoms with van der Waals surface area (Å²) in [5.41, 5.74) is -2.00. The molecule has 1 atom stereocenters. The smallest absolute Gasteiger partial charge is 0.374 e. The van der Waals surface area contributed by atoms with Crippen LogP contribution in [0.1, 0.15) is 33.5 Å². The van der Waals surface area contributed by atoms with Crippen LogP contribution >= 0.6 is 23.2 Å². The van der Waals surface area contributed by atoms with Crippen LogP contribution < -0.4 is 5.32 Å². The number of hydrogen-bond donors (Lipinski definition) is 1. The van der Waals surface area contributed by atoms with Gasteiger partial charge in [0.25, 0.3) is 11.5 Å². The zero-order valence-electron chi connectivity index (χ0n) is 17.2. The maximum Gasteiger partial charge on any atom is 0.435 e. The van der Waals surface area contributed by atoms with Gasteiger partial charge in [-0.1, -0.05) is 52.6 Å². The topological polar surface area (TPSA) is 74.5 Å².